The lowest BCUT2D eigenvalue weighted by molar-refractivity contribution is -0.131. The van der Waals surface area contributed by atoms with E-state index in [1.165, 1.54) is 12.1 Å². The van der Waals surface area contributed by atoms with Gasteiger partial charge in [0, 0.05) is 17.1 Å². The number of nitrogens with zero attached hydrogens (tertiary/aromatic N) is 3. The first kappa shape index (κ1) is 26.0. The molecular weight excluding hydrogens is 514 g/mol. The Morgan fingerprint density at radius 1 is 0.973 bits per heavy atom. The van der Waals surface area contributed by atoms with Crippen molar-refractivity contribution in [2.75, 3.05) is 0 Å². The number of carbonyl (C=O) groups is 2. The Bertz CT molecular complexity index is 1430. The van der Waals surface area contributed by atoms with E-state index in [2.05, 4.69) is 10.2 Å². The third-order valence-corrected chi connectivity index (χ3v) is 6.58. The third kappa shape index (κ3) is 6.58. The Morgan fingerprint density at radius 3 is 2.24 bits per heavy atom. The van der Waals surface area contributed by atoms with Crippen LogP contribution in [0.1, 0.15) is 28.4 Å². The summed E-state index contributed by atoms with van der Waals surface area (Å²) in [6.07, 6.45) is 1.57. The summed E-state index contributed by atoms with van der Waals surface area (Å²) in [6.45, 7) is 2.77. The maximum absolute atomic E-state index is 12.0. The molecule has 188 valence electrons. The molecule has 3 aromatic carbocycles. The van der Waals surface area contributed by atoms with Crippen LogP contribution in [0.5, 0.6) is 5.75 Å². The molecule has 0 aliphatic carbocycles. The van der Waals surface area contributed by atoms with E-state index in [9.17, 15) is 14.7 Å². The molecule has 4 aromatic rings. The molecular formula is C27H22ClN3O5S. The summed E-state index contributed by atoms with van der Waals surface area (Å²) in [7, 11) is 0. The first-order valence-corrected chi connectivity index (χ1v) is 12.4. The maximum atomic E-state index is 12.0. The summed E-state index contributed by atoms with van der Waals surface area (Å²) in [4.78, 5) is 23.0. The minimum Gasteiger partial charge on any atom is -0.489 e. The first-order chi connectivity index (χ1) is 17.8. The molecule has 1 heterocycles. The average molecular weight is 536 g/mol. The fourth-order valence-electron chi connectivity index (χ4n) is 3.42. The number of carboxylic acids is 2. The number of hydrogen-bond acceptors (Lipinski definition) is 6. The van der Waals surface area contributed by atoms with Crippen LogP contribution in [0.25, 0.3) is 17.5 Å². The Morgan fingerprint density at radius 2 is 1.65 bits per heavy atom. The van der Waals surface area contributed by atoms with Gasteiger partial charge < -0.3 is 19.5 Å². The summed E-state index contributed by atoms with van der Waals surface area (Å²) in [5, 5.41) is 28.4. The van der Waals surface area contributed by atoms with Gasteiger partial charge in [0.1, 0.15) is 17.3 Å². The van der Waals surface area contributed by atoms with Gasteiger partial charge in [-0.05, 0) is 84.4 Å². The smallest absolute Gasteiger partial charge is 0.342 e. The lowest BCUT2D eigenvalue weighted by Crippen LogP contribution is -2.02. The summed E-state index contributed by atoms with van der Waals surface area (Å²) in [6, 6.07) is 20.7. The first-order valence-electron chi connectivity index (χ1n) is 11.2. The molecule has 0 atom stereocenters. The average Bonchev–Trinajstić information content (AvgIpc) is 3.31. The minimum absolute atomic E-state index is 0.0944. The topological polar surface area (TPSA) is 115 Å². The van der Waals surface area contributed by atoms with E-state index >= 15 is 0 Å². The van der Waals surface area contributed by atoms with Gasteiger partial charge >= 0.3 is 11.9 Å². The number of hydrogen-bond donors (Lipinski definition) is 2. The number of aliphatic carboxylic acids is 1. The number of thioether (sulfide) groups is 1. The zero-order valence-electron chi connectivity index (χ0n) is 19.7. The van der Waals surface area contributed by atoms with Crippen molar-refractivity contribution in [2.24, 2.45) is 0 Å². The molecule has 0 saturated carbocycles. The van der Waals surface area contributed by atoms with Crippen LogP contribution in [0.15, 0.2) is 82.9 Å². The Balaban J connectivity index is 1.47. The number of benzene rings is 3. The molecule has 0 fully saturated rings. The van der Waals surface area contributed by atoms with Crippen molar-refractivity contribution in [2.45, 2.75) is 25.2 Å². The van der Waals surface area contributed by atoms with E-state index < -0.39 is 11.9 Å². The SMILES string of the molecule is CCn1c(S/C(=C\c2ccc(OCc3ccc(C(=O)O)cc3)cc2)C(=O)O)nnc1-c1ccc(Cl)cc1. The Kier molecular flexibility index (Phi) is 8.27. The molecule has 4 rings (SSSR count). The van der Waals surface area contributed by atoms with Gasteiger partial charge in [-0.25, -0.2) is 9.59 Å². The Labute approximate surface area is 222 Å². The molecule has 0 bridgehead atoms. The van der Waals surface area contributed by atoms with Gasteiger partial charge in [-0.1, -0.05) is 35.9 Å². The molecule has 0 spiro atoms. The van der Waals surface area contributed by atoms with Crippen molar-refractivity contribution < 1.29 is 24.5 Å². The van der Waals surface area contributed by atoms with Crippen LogP contribution >= 0.6 is 23.4 Å². The second kappa shape index (κ2) is 11.8. The number of rotatable bonds is 10. The van der Waals surface area contributed by atoms with Crippen LogP contribution in [0.3, 0.4) is 0 Å². The van der Waals surface area contributed by atoms with Crippen LogP contribution in [0, 0.1) is 0 Å². The predicted octanol–water partition coefficient (Wildman–Crippen LogP) is 6.11. The third-order valence-electron chi connectivity index (χ3n) is 5.33. The number of halogens is 1. The molecule has 0 aliphatic heterocycles. The second-order valence-electron chi connectivity index (χ2n) is 7.83. The normalized spacial score (nSPS) is 11.4. The highest BCUT2D eigenvalue weighted by atomic mass is 35.5. The van der Waals surface area contributed by atoms with Crippen molar-refractivity contribution in [1.82, 2.24) is 14.8 Å². The highest BCUT2D eigenvalue weighted by Gasteiger charge is 2.18. The molecule has 10 heteroatoms. The summed E-state index contributed by atoms with van der Waals surface area (Å²) >= 11 is 7.01. The van der Waals surface area contributed by atoms with Crippen molar-refractivity contribution in [1.29, 1.82) is 0 Å². The van der Waals surface area contributed by atoms with Gasteiger partial charge in [-0.2, -0.15) is 0 Å². The number of ether oxygens (including phenoxy) is 1. The standard InChI is InChI=1S/C27H22ClN3O5S/c1-2-31-24(19-9-11-21(28)12-10-19)29-30-27(31)37-23(26(34)35)15-17-5-13-22(14-6-17)36-16-18-3-7-20(8-4-18)25(32)33/h3-15H,2,16H2,1H3,(H,32,33)(H,34,35)/b23-15-. The largest absolute Gasteiger partial charge is 0.489 e. The Hall–Kier alpha value is -4.08. The highest BCUT2D eigenvalue weighted by Crippen LogP contribution is 2.31. The fraction of sp³-hybridized carbons (Fsp3) is 0.111. The molecule has 8 nitrogen and oxygen atoms in total. The van der Waals surface area contributed by atoms with Gasteiger partial charge in [-0.15, -0.1) is 10.2 Å². The zero-order chi connectivity index (χ0) is 26.4. The van der Waals surface area contributed by atoms with E-state index in [1.807, 2.05) is 23.6 Å². The zero-order valence-corrected chi connectivity index (χ0v) is 21.2. The van der Waals surface area contributed by atoms with E-state index in [4.69, 9.17) is 21.4 Å². The van der Waals surface area contributed by atoms with Crippen LogP contribution < -0.4 is 4.74 Å². The van der Waals surface area contributed by atoms with E-state index in [0.29, 0.717) is 33.9 Å². The molecule has 0 amide bonds. The van der Waals surface area contributed by atoms with Crippen molar-refractivity contribution in [3.8, 4) is 17.1 Å². The molecule has 0 aliphatic rings. The molecule has 0 saturated heterocycles. The van der Waals surface area contributed by atoms with Crippen LogP contribution in [0.2, 0.25) is 5.02 Å². The van der Waals surface area contributed by atoms with Gasteiger partial charge in [0.15, 0.2) is 11.0 Å². The minimum atomic E-state index is -1.08. The fourth-order valence-corrected chi connectivity index (χ4v) is 4.43. The van der Waals surface area contributed by atoms with Crippen LogP contribution in [-0.2, 0) is 17.9 Å². The number of aromatic nitrogens is 3. The number of carboxylic acid groups (broad SMARTS) is 2. The summed E-state index contributed by atoms with van der Waals surface area (Å²) in [5.74, 6) is -0.825. The van der Waals surface area contributed by atoms with Gasteiger partial charge in [0.05, 0.1) is 5.56 Å². The predicted molar refractivity (Wildman–Crippen MR) is 142 cm³/mol. The second-order valence-corrected chi connectivity index (χ2v) is 9.28. The monoisotopic (exact) mass is 535 g/mol. The van der Waals surface area contributed by atoms with Gasteiger partial charge in [-0.3, -0.25) is 0 Å². The van der Waals surface area contributed by atoms with Crippen molar-refractivity contribution in [3.63, 3.8) is 0 Å². The van der Waals surface area contributed by atoms with E-state index in [1.54, 1.807) is 54.6 Å². The van der Waals surface area contributed by atoms with Crippen LogP contribution in [-0.4, -0.2) is 36.9 Å². The van der Waals surface area contributed by atoms with Crippen molar-refractivity contribution >= 4 is 41.4 Å². The lowest BCUT2D eigenvalue weighted by atomic mass is 10.1. The van der Waals surface area contributed by atoms with Crippen molar-refractivity contribution in [3.05, 3.63) is 99.4 Å². The summed E-state index contributed by atoms with van der Waals surface area (Å²) in [5.41, 5.74) is 2.56. The van der Waals surface area contributed by atoms with Gasteiger partial charge in [0.2, 0.25) is 0 Å². The summed E-state index contributed by atoms with van der Waals surface area (Å²) < 4.78 is 7.61. The maximum Gasteiger partial charge on any atom is 0.342 e. The van der Waals surface area contributed by atoms with Crippen LogP contribution in [0.4, 0.5) is 0 Å². The molecule has 1 aromatic heterocycles. The molecule has 0 unspecified atom stereocenters. The van der Waals surface area contributed by atoms with E-state index in [0.717, 1.165) is 22.9 Å². The highest BCUT2D eigenvalue weighted by molar-refractivity contribution is 8.04. The lowest BCUT2D eigenvalue weighted by Gasteiger charge is -2.09. The van der Waals surface area contributed by atoms with Gasteiger partial charge in [0.25, 0.3) is 0 Å². The van der Waals surface area contributed by atoms with E-state index in [-0.39, 0.29) is 17.1 Å². The molecule has 2 N–H and O–H groups in total. The molecule has 0 radical (unpaired) electrons. The molecule has 37 heavy (non-hydrogen) atoms. The quantitative estimate of drug-likeness (QED) is 0.184. The number of aromatic carboxylic acids is 1.